The van der Waals surface area contributed by atoms with E-state index in [0.29, 0.717) is 0 Å². The van der Waals surface area contributed by atoms with Crippen LogP contribution in [0.25, 0.3) is 0 Å². The first-order valence-corrected chi connectivity index (χ1v) is 3.12. The highest BCUT2D eigenvalue weighted by Gasteiger charge is 1.81. The number of rotatable bonds is 1. The van der Waals surface area contributed by atoms with Gasteiger partial charge in [-0.15, -0.1) is 0 Å². The molecule has 0 aromatic heterocycles. The van der Waals surface area contributed by atoms with E-state index in [1.165, 1.54) is 6.21 Å². The Hall–Kier alpha value is -0.790. The number of nitrogens with one attached hydrogen (secondary N) is 1. The zero-order chi connectivity index (χ0) is 7.86. The molecular weight excluding hydrogens is 112 g/mol. The lowest BCUT2D eigenvalue weighted by Gasteiger charge is -1.89. The molecule has 54 valence electrons. The van der Waals surface area contributed by atoms with Gasteiger partial charge in [0.2, 0.25) is 0 Å². The molecule has 0 atom stereocenters. The summed E-state index contributed by atoms with van der Waals surface area (Å²) in [6.45, 7) is 7.59. The first-order valence-electron chi connectivity index (χ1n) is 3.12. The fourth-order valence-electron chi connectivity index (χ4n) is 0.114. The van der Waals surface area contributed by atoms with Crippen molar-refractivity contribution in [3.8, 4) is 0 Å². The molecule has 0 saturated carbocycles. The van der Waals surface area contributed by atoms with Crippen molar-refractivity contribution in [2.75, 3.05) is 0 Å². The maximum absolute atomic E-state index is 6.68. The van der Waals surface area contributed by atoms with Crippen LogP contribution in [0.2, 0.25) is 0 Å². The topological polar surface area (TPSA) is 49.9 Å². The maximum Gasteiger partial charge on any atom is 0.0224 e. The molecule has 0 aliphatic heterocycles. The fraction of sp³-hybridized carbons (Fsp3) is 0.571. The third-order valence-corrected chi connectivity index (χ3v) is 0.839. The SMILES string of the molecule is C/C(N)=C(\C)C=N.CC. The van der Waals surface area contributed by atoms with Gasteiger partial charge >= 0.3 is 0 Å². The molecule has 0 spiro atoms. The molecule has 2 heteroatoms. The average molecular weight is 128 g/mol. The van der Waals surface area contributed by atoms with E-state index >= 15 is 0 Å². The Bertz CT molecular complexity index is 99.5. The number of hydrogen-bond donors (Lipinski definition) is 2. The second-order valence-corrected chi connectivity index (χ2v) is 1.51. The molecule has 0 heterocycles. The van der Waals surface area contributed by atoms with Gasteiger partial charge < -0.3 is 11.1 Å². The summed E-state index contributed by atoms with van der Waals surface area (Å²) in [6, 6.07) is 0. The Morgan fingerprint density at radius 1 is 1.33 bits per heavy atom. The van der Waals surface area contributed by atoms with Crippen LogP contribution < -0.4 is 5.73 Å². The number of allylic oxidation sites excluding steroid dienone is 2. The zero-order valence-corrected chi connectivity index (χ0v) is 6.65. The van der Waals surface area contributed by atoms with E-state index in [1.54, 1.807) is 6.92 Å². The van der Waals surface area contributed by atoms with Crippen molar-refractivity contribution in [2.24, 2.45) is 5.73 Å². The van der Waals surface area contributed by atoms with Gasteiger partial charge in [-0.3, -0.25) is 0 Å². The molecule has 2 nitrogen and oxygen atoms in total. The maximum atomic E-state index is 6.68. The van der Waals surface area contributed by atoms with E-state index in [1.807, 2.05) is 20.8 Å². The monoisotopic (exact) mass is 128 g/mol. The lowest BCUT2D eigenvalue weighted by molar-refractivity contribution is 1.26. The Labute approximate surface area is 57.3 Å². The molecule has 3 N–H and O–H groups in total. The fourth-order valence-corrected chi connectivity index (χ4v) is 0.114. The molecule has 0 rings (SSSR count). The summed E-state index contributed by atoms with van der Waals surface area (Å²) >= 11 is 0. The molecular formula is C7H16N2. The van der Waals surface area contributed by atoms with Gasteiger partial charge in [0.05, 0.1) is 0 Å². The summed E-state index contributed by atoms with van der Waals surface area (Å²) in [5.41, 5.74) is 6.83. The number of hydrogen-bond acceptors (Lipinski definition) is 2. The highest BCUT2D eigenvalue weighted by molar-refractivity contribution is 5.75. The van der Waals surface area contributed by atoms with E-state index in [0.717, 1.165) is 11.3 Å². The normalized spacial score (nSPS) is 10.7. The van der Waals surface area contributed by atoms with E-state index in [4.69, 9.17) is 11.1 Å². The van der Waals surface area contributed by atoms with Crippen LogP contribution in [0.1, 0.15) is 27.7 Å². The Kier molecular flexibility index (Phi) is 8.87. The van der Waals surface area contributed by atoms with Crippen LogP contribution in [-0.4, -0.2) is 6.21 Å². The first-order chi connectivity index (χ1) is 4.18. The molecule has 0 fully saturated rings. The van der Waals surface area contributed by atoms with Crippen LogP contribution in [-0.2, 0) is 0 Å². The first kappa shape index (κ1) is 11.1. The summed E-state index contributed by atoms with van der Waals surface area (Å²) in [4.78, 5) is 0. The summed E-state index contributed by atoms with van der Waals surface area (Å²) in [7, 11) is 0. The Morgan fingerprint density at radius 2 is 1.67 bits per heavy atom. The Morgan fingerprint density at radius 3 is 1.67 bits per heavy atom. The van der Waals surface area contributed by atoms with Crippen LogP contribution in [0.5, 0.6) is 0 Å². The molecule has 0 saturated heterocycles. The van der Waals surface area contributed by atoms with Crippen LogP contribution in [0.4, 0.5) is 0 Å². The van der Waals surface area contributed by atoms with Gasteiger partial charge in [-0.1, -0.05) is 13.8 Å². The molecule has 0 unspecified atom stereocenters. The van der Waals surface area contributed by atoms with E-state index in [2.05, 4.69) is 0 Å². The molecule has 0 aromatic rings. The summed E-state index contributed by atoms with van der Waals surface area (Å²) in [5, 5.41) is 6.68. The minimum atomic E-state index is 0.718. The third kappa shape index (κ3) is 7.21. The second kappa shape index (κ2) is 7.21. The van der Waals surface area contributed by atoms with Crippen LogP contribution in [0.3, 0.4) is 0 Å². The number of nitrogens with two attached hydrogens (primary N) is 1. The summed E-state index contributed by atoms with van der Waals surface area (Å²) in [5.74, 6) is 0. The van der Waals surface area contributed by atoms with Gasteiger partial charge in [-0.05, 0) is 19.4 Å². The lowest BCUT2D eigenvalue weighted by Crippen LogP contribution is -1.95. The highest BCUT2D eigenvalue weighted by Crippen LogP contribution is 1.88. The Balaban J connectivity index is 0. The quantitative estimate of drug-likeness (QED) is 0.521. The average Bonchev–Trinajstić information content (AvgIpc) is 1.91. The molecule has 0 amide bonds. The summed E-state index contributed by atoms with van der Waals surface area (Å²) < 4.78 is 0. The van der Waals surface area contributed by atoms with Gasteiger partial charge in [0, 0.05) is 11.9 Å². The van der Waals surface area contributed by atoms with Crippen molar-refractivity contribution >= 4 is 6.21 Å². The van der Waals surface area contributed by atoms with Gasteiger partial charge in [0.15, 0.2) is 0 Å². The van der Waals surface area contributed by atoms with Crippen LogP contribution >= 0.6 is 0 Å². The molecule has 9 heavy (non-hydrogen) atoms. The summed E-state index contributed by atoms with van der Waals surface area (Å²) in [6.07, 6.45) is 1.25. The van der Waals surface area contributed by atoms with E-state index in [9.17, 15) is 0 Å². The van der Waals surface area contributed by atoms with Crippen molar-refractivity contribution in [3.63, 3.8) is 0 Å². The largest absolute Gasteiger partial charge is 0.402 e. The van der Waals surface area contributed by atoms with Gasteiger partial charge in [-0.2, -0.15) is 0 Å². The van der Waals surface area contributed by atoms with Crippen molar-refractivity contribution < 1.29 is 0 Å². The predicted molar refractivity (Wildman–Crippen MR) is 42.7 cm³/mol. The molecule has 0 bridgehead atoms. The molecule has 0 radical (unpaired) electrons. The minimum absolute atomic E-state index is 0.718. The smallest absolute Gasteiger partial charge is 0.0224 e. The van der Waals surface area contributed by atoms with Crippen molar-refractivity contribution in [3.05, 3.63) is 11.3 Å². The second-order valence-electron chi connectivity index (χ2n) is 1.51. The standard InChI is InChI=1S/C5H10N2.C2H6/c1-4(3-6)5(2)7;1-2/h3,6H,7H2,1-2H3;1-2H3/b5-4-,6-3?;. The van der Waals surface area contributed by atoms with Crippen LogP contribution in [0.15, 0.2) is 11.3 Å². The highest BCUT2D eigenvalue weighted by atomic mass is 14.6. The lowest BCUT2D eigenvalue weighted by atomic mass is 10.3. The molecule has 0 aromatic carbocycles. The van der Waals surface area contributed by atoms with E-state index in [-0.39, 0.29) is 0 Å². The van der Waals surface area contributed by atoms with Crippen molar-refractivity contribution in [1.82, 2.24) is 0 Å². The zero-order valence-electron chi connectivity index (χ0n) is 6.65. The van der Waals surface area contributed by atoms with Crippen LogP contribution in [0, 0.1) is 5.41 Å². The molecule has 0 aliphatic carbocycles. The van der Waals surface area contributed by atoms with E-state index < -0.39 is 0 Å². The van der Waals surface area contributed by atoms with Gasteiger partial charge in [0.1, 0.15) is 0 Å². The molecule has 0 aliphatic rings. The third-order valence-electron chi connectivity index (χ3n) is 0.839. The predicted octanol–water partition coefficient (Wildman–Crippen LogP) is 1.91. The minimum Gasteiger partial charge on any atom is -0.402 e. The van der Waals surface area contributed by atoms with Gasteiger partial charge in [0.25, 0.3) is 0 Å². The van der Waals surface area contributed by atoms with Crippen molar-refractivity contribution in [1.29, 1.82) is 5.41 Å². The van der Waals surface area contributed by atoms with Gasteiger partial charge in [-0.25, -0.2) is 0 Å². The van der Waals surface area contributed by atoms with Crippen molar-refractivity contribution in [2.45, 2.75) is 27.7 Å².